The van der Waals surface area contributed by atoms with Crippen LogP contribution in [0, 0.1) is 64.0 Å². The fourth-order valence-electron chi connectivity index (χ4n) is 5.24. The van der Waals surface area contributed by atoms with Gasteiger partial charge in [0.1, 0.15) is 23.1 Å². The van der Waals surface area contributed by atoms with Crippen molar-refractivity contribution in [3.8, 4) is 22.6 Å². The van der Waals surface area contributed by atoms with Gasteiger partial charge in [-0.1, -0.05) is 12.6 Å². The summed E-state index contributed by atoms with van der Waals surface area (Å²) < 4.78 is 249. The first-order chi connectivity index (χ1) is 28.1. The van der Waals surface area contributed by atoms with Crippen molar-refractivity contribution in [3.63, 3.8) is 0 Å². The Kier molecular flexibility index (Phi) is 16.3. The Morgan fingerprint density at radius 2 is 1.16 bits per heavy atom. The van der Waals surface area contributed by atoms with E-state index >= 15 is 0 Å². The maximum absolute atomic E-state index is 14.8. The van der Waals surface area contributed by atoms with Crippen molar-refractivity contribution < 1.29 is 88.9 Å². The number of hydroxylamine groups is 1. The number of allylic oxidation sites excluding steroid dienone is 5. The molecule has 0 aliphatic rings. The first kappa shape index (κ1) is 50.7. The third-order valence-corrected chi connectivity index (χ3v) is 9.01. The van der Waals surface area contributed by atoms with Gasteiger partial charge in [0.25, 0.3) is 0 Å². The average molecular weight is 932 g/mol. The first-order valence-electron chi connectivity index (χ1n) is 16.2. The molecule has 0 amide bonds. The topological polar surface area (TPSA) is 39.7 Å². The third kappa shape index (κ3) is 10.2. The molecule has 0 aromatic heterocycles. The molecule has 23 heteroatoms. The molecule has 0 saturated heterocycles. The van der Waals surface area contributed by atoms with E-state index in [4.69, 9.17) is 9.47 Å². The lowest BCUT2D eigenvalue weighted by atomic mass is 9.93. The van der Waals surface area contributed by atoms with Crippen molar-refractivity contribution >= 4 is 27.2 Å². The molecule has 1 N–H and O–H groups in total. The SMILES string of the molecule is C=C(F)/C(F)=C(F)\C(F)=C(\F)Cc1c(F)c(F)c(C(C)(NOC)OC)c(F)c1F.CC(C)(F)c1c(F)c(F)c(-c2c(F)c(F)c(Oc3cccc(S)c3)c(F)c2F)c(P)c1F. The van der Waals surface area contributed by atoms with Crippen LogP contribution in [0.15, 0.2) is 64.9 Å². The number of thiol groups is 1. The molecule has 0 heterocycles. The van der Waals surface area contributed by atoms with Crippen LogP contribution >= 0.6 is 21.9 Å². The minimum absolute atomic E-state index is 0.230. The maximum Gasteiger partial charge on any atom is 0.205 e. The highest BCUT2D eigenvalue weighted by atomic mass is 32.1. The fraction of sp³-hybridized carbons (Fsp3) is 0.211. The van der Waals surface area contributed by atoms with Crippen LogP contribution in [0.3, 0.4) is 0 Å². The Hall–Kier alpha value is -4.63. The molecule has 332 valence electrons. The lowest BCUT2D eigenvalue weighted by Crippen LogP contribution is -2.42. The Morgan fingerprint density at radius 3 is 1.61 bits per heavy atom. The predicted octanol–water partition coefficient (Wildman–Crippen LogP) is 12.7. The molecule has 0 aliphatic heterocycles. The zero-order chi connectivity index (χ0) is 46.8. The van der Waals surface area contributed by atoms with Crippen molar-refractivity contribution in [1.29, 1.82) is 0 Å². The summed E-state index contributed by atoms with van der Waals surface area (Å²) in [5, 5.41) is -1.03. The highest BCUT2D eigenvalue weighted by molar-refractivity contribution is 7.80. The maximum atomic E-state index is 14.8. The van der Waals surface area contributed by atoms with Crippen molar-refractivity contribution in [2.45, 2.75) is 43.5 Å². The van der Waals surface area contributed by atoms with Gasteiger partial charge in [0.2, 0.25) is 17.4 Å². The average Bonchev–Trinajstić information content (AvgIpc) is 3.19. The summed E-state index contributed by atoms with van der Waals surface area (Å²) in [5.41, 5.74) is -10.6. The van der Waals surface area contributed by atoms with Gasteiger partial charge in [-0.3, -0.25) is 0 Å². The van der Waals surface area contributed by atoms with Gasteiger partial charge < -0.3 is 14.3 Å². The van der Waals surface area contributed by atoms with Crippen LogP contribution in [-0.4, -0.2) is 14.2 Å². The third-order valence-electron chi connectivity index (χ3n) is 8.19. The summed E-state index contributed by atoms with van der Waals surface area (Å²) in [7, 11) is 3.44. The minimum Gasteiger partial charge on any atom is -0.451 e. The van der Waals surface area contributed by atoms with Crippen molar-refractivity contribution in [2.75, 3.05) is 14.2 Å². The largest absolute Gasteiger partial charge is 0.451 e. The van der Waals surface area contributed by atoms with Gasteiger partial charge in [-0.05, 0) is 39.0 Å². The van der Waals surface area contributed by atoms with Gasteiger partial charge in [0.05, 0.1) is 23.8 Å². The number of nitrogens with one attached hydrogen (secondary N) is 1. The van der Waals surface area contributed by atoms with Crippen LogP contribution in [0.1, 0.15) is 37.5 Å². The van der Waals surface area contributed by atoms with Crippen LogP contribution in [0.25, 0.3) is 11.1 Å². The molecule has 0 fully saturated rings. The van der Waals surface area contributed by atoms with Crippen LogP contribution in [0.4, 0.5) is 74.6 Å². The second-order valence-corrected chi connectivity index (χ2v) is 13.8. The number of ether oxygens (including phenoxy) is 2. The second-order valence-electron chi connectivity index (χ2n) is 12.7. The second kappa shape index (κ2) is 19.6. The number of hydrogen-bond acceptors (Lipinski definition) is 5. The monoisotopic (exact) mass is 931 g/mol. The van der Waals surface area contributed by atoms with E-state index in [2.05, 4.69) is 24.0 Å². The van der Waals surface area contributed by atoms with Gasteiger partial charge in [-0.25, -0.2) is 65.9 Å². The highest BCUT2D eigenvalue weighted by Crippen LogP contribution is 2.42. The van der Waals surface area contributed by atoms with Gasteiger partial charge in [0, 0.05) is 34.9 Å². The van der Waals surface area contributed by atoms with Crippen molar-refractivity contribution in [2.24, 2.45) is 0 Å². The summed E-state index contributed by atoms with van der Waals surface area (Å²) in [6, 6.07) is 5.27. The summed E-state index contributed by atoms with van der Waals surface area (Å²) in [6.07, 6.45) is -1.86. The van der Waals surface area contributed by atoms with Crippen molar-refractivity contribution in [3.05, 3.63) is 141 Å². The molecule has 4 rings (SSSR count). The molecular weight excluding hydrogens is 904 g/mol. The number of alkyl halides is 1. The van der Waals surface area contributed by atoms with E-state index in [1.54, 1.807) is 0 Å². The molecule has 2 unspecified atom stereocenters. The van der Waals surface area contributed by atoms with E-state index < -0.39 is 150 Å². The number of rotatable bonds is 12. The molecule has 4 nitrogen and oxygen atoms in total. The summed E-state index contributed by atoms with van der Waals surface area (Å²) in [4.78, 5) is 4.75. The zero-order valence-corrected chi connectivity index (χ0v) is 33.4. The smallest absolute Gasteiger partial charge is 0.205 e. The Balaban J connectivity index is 0.000000327. The molecule has 61 heavy (non-hydrogen) atoms. The molecule has 0 saturated carbocycles. The fourth-order valence-corrected chi connectivity index (χ4v) is 5.87. The summed E-state index contributed by atoms with van der Waals surface area (Å²) >= 11 is 3.99. The van der Waals surface area contributed by atoms with Gasteiger partial charge in [-0.2, -0.15) is 14.3 Å². The quantitative estimate of drug-likeness (QED) is 0.0282. The molecule has 0 spiro atoms. The number of methoxy groups -OCH3 is 1. The van der Waals surface area contributed by atoms with E-state index in [0.29, 0.717) is 4.90 Å². The van der Waals surface area contributed by atoms with Gasteiger partial charge >= 0.3 is 0 Å². The number of hydrogen-bond donors (Lipinski definition) is 2. The summed E-state index contributed by atoms with van der Waals surface area (Å²) in [5.74, 6) is -36.9. The first-order valence-corrected chi connectivity index (χ1v) is 17.3. The molecule has 0 aliphatic carbocycles. The highest BCUT2D eigenvalue weighted by Gasteiger charge is 2.40. The minimum atomic E-state index is -2.72. The number of halogens is 17. The molecule has 2 atom stereocenters. The summed E-state index contributed by atoms with van der Waals surface area (Å²) in [6.45, 7) is 4.70. The van der Waals surface area contributed by atoms with E-state index in [1.165, 1.54) is 33.5 Å². The van der Waals surface area contributed by atoms with Gasteiger partial charge in [-0.15, -0.1) is 21.9 Å². The van der Waals surface area contributed by atoms with Crippen molar-refractivity contribution in [1.82, 2.24) is 5.48 Å². The number of benzene rings is 4. The van der Waals surface area contributed by atoms with Crippen LogP contribution in [0.2, 0.25) is 0 Å². The Bertz CT molecular complexity index is 2370. The predicted molar refractivity (Wildman–Crippen MR) is 192 cm³/mol. The normalized spacial score (nSPS) is 13.6. The van der Waals surface area contributed by atoms with Crippen LogP contribution in [0.5, 0.6) is 11.5 Å². The van der Waals surface area contributed by atoms with Crippen LogP contribution in [-0.2, 0) is 27.4 Å². The van der Waals surface area contributed by atoms with E-state index in [9.17, 15) is 74.6 Å². The lowest BCUT2D eigenvalue weighted by molar-refractivity contribution is -0.134. The lowest BCUT2D eigenvalue weighted by Gasteiger charge is -2.29. The van der Waals surface area contributed by atoms with Gasteiger partial charge in [0.15, 0.2) is 75.6 Å². The Morgan fingerprint density at radius 1 is 0.672 bits per heavy atom. The van der Waals surface area contributed by atoms with Crippen LogP contribution < -0.4 is 15.5 Å². The van der Waals surface area contributed by atoms with E-state index in [0.717, 1.165) is 35.0 Å². The molecule has 0 radical (unpaired) electrons. The molecule has 4 aromatic rings. The molecular formula is C38H27F17NO3PS. The standard InChI is InChI=1S/C21H13F8OPS.C17H14F9NO2/c1-21(2,29)11-15(25)14(24)10(20(31)16(11)26)9-12(22)17(27)19(18(28)13(9)23)30-7-4-3-5-8(32)6-7;1-6(18)10(20)16(26)13(23)8(19)5-7-11(21)14(24)9(15(25)12(7)22)17(2,28-3)27-29-4/h3-6,32H,31H2,1-2H3;27H,1,5H2,2-4H3/b;13-8-,16-10-. The van der Waals surface area contributed by atoms with E-state index in [-0.39, 0.29) is 5.75 Å². The molecule has 4 aromatic carbocycles. The Labute approximate surface area is 342 Å². The molecule has 0 bridgehead atoms. The van der Waals surface area contributed by atoms with E-state index in [1.807, 2.05) is 5.48 Å². The zero-order valence-electron chi connectivity index (χ0n) is 31.4.